The zero-order valence-corrected chi connectivity index (χ0v) is 12.4. The SMILES string of the molecule is CCN(CC)c1ccc(NC(=O)c2cc([N+](=O)[O-])[nH]n2)cc1. The van der Waals surface area contributed by atoms with Gasteiger partial charge in [0.15, 0.2) is 5.69 Å². The van der Waals surface area contributed by atoms with Crippen LogP contribution in [0.3, 0.4) is 0 Å². The average molecular weight is 303 g/mol. The summed E-state index contributed by atoms with van der Waals surface area (Å²) in [4.78, 5) is 24.1. The first-order valence-electron chi connectivity index (χ1n) is 6.91. The maximum atomic E-state index is 12.0. The van der Waals surface area contributed by atoms with E-state index in [-0.39, 0.29) is 11.5 Å². The Morgan fingerprint density at radius 1 is 1.32 bits per heavy atom. The molecule has 8 heteroatoms. The van der Waals surface area contributed by atoms with Crippen LogP contribution in [0, 0.1) is 10.1 Å². The van der Waals surface area contributed by atoms with Gasteiger partial charge in [0.1, 0.15) is 0 Å². The molecular formula is C14H17N5O3. The third-order valence-electron chi connectivity index (χ3n) is 3.25. The highest BCUT2D eigenvalue weighted by molar-refractivity contribution is 6.03. The van der Waals surface area contributed by atoms with Crippen molar-refractivity contribution in [1.82, 2.24) is 10.2 Å². The number of benzene rings is 1. The molecule has 22 heavy (non-hydrogen) atoms. The average Bonchev–Trinajstić information content (AvgIpc) is 3.00. The Labute approximate surface area is 127 Å². The summed E-state index contributed by atoms with van der Waals surface area (Å²) in [5.41, 5.74) is 1.64. The second kappa shape index (κ2) is 6.70. The van der Waals surface area contributed by atoms with Crippen LogP contribution in [-0.2, 0) is 0 Å². The van der Waals surface area contributed by atoms with E-state index in [0.717, 1.165) is 24.8 Å². The van der Waals surface area contributed by atoms with Crippen LogP contribution in [-0.4, -0.2) is 34.1 Å². The van der Waals surface area contributed by atoms with E-state index in [9.17, 15) is 14.9 Å². The first kappa shape index (κ1) is 15.5. The first-order valence-corrected chi connectivity index (χ1v) is 6.91. The second-order valence-corrected chi connectivity index (χ2v) is 4.57. The molecule has 0 aliphatic heterocycles. The lowest BCUT2D eigenvalue weighted by molar-refractivity contribution is -0.389. The number of nitrogens with one attached hydrogen (secondary N) is 2. The fourth-order valence-electron chi connectivity index (χ4n) is 2.06. The summed E-state index contributed by atoms with van der Waals surface area (Å²) in [6.45, 7) is 5.95. The van der Waals surface area contributed by atoms with Gasteiger partial charge in [0.2, 0.25) is 0 Å². The molecule has 0 radical (unpaired) electrons. The molecule has 1 aromatic carbocycles. The summed E-state index contributed by atoms with van der Waals surface area (Å²) in [6.07, 6.45) is 0. The number of carbonyl (C=O) groups excluding carboxylic acids is 1. The number of aromatic amines is 1. The topological polar surface area (TPSA) is 104 Å². The van der Waals surface area contributed by atoms with Gasteiger partial charge < -0.3 is 20.3 Å². The quantitative estimate of drug-likeness (QED) is 0.630. The lowest BCUT2D eigenvalue weighted by Crippen LogP contribution is -2.21. The summed E-state index contributed by atoms with van der Waals surface area (Å²) >= 11 is 0. The maximum absolute atomic E-state index is 12.0. The van der Waals surface area contributed by atoms with Crippen molar-refractivity contribution < 1.29 is 9.72 Å². The summed E-state index contributed by atoms with van der Waals surface area (Å²) in [7, 11) is 0. The molecule has 1 aromatic heterocycles. The number of aromatic nitrogens is 2. The Morgan fingerprint density at radius 3 is 2.45 bits per heavy atom. The number of hydrogen-bond donors (Lipinski definition) is 2. The van der Waals surface area contributed by atoms with E-state index in [1.54, 1.807) is 12.1 Å². The van der Waals surface area contributed by atoms with Gasteiger partial charge in [-0.05, 0) is 43.0 Å². The minimum absolute atomic E-state index is 0.0282. The van der Waals surface area contributed by atoms with E-state index in [0.29, 0.717) is 5.69 Å². The zero-order valence-electron chi connectivity index (χ0n) is 12.4. The zero-order chi connectivity index (χ0) is 16.1. The van der Waals surface area contributed by atoms with Crippen LogP contribution in [0.25, 0.3) is 0 Å². The number of nitrogens with zero attached hydrogens (tertiary/aromatic N) is 3. The van der Waals surface area contributed by atoms with Crippen molar-refractivity contribution in [3.8, 4) is 0 Å². The molecule has 0 saturated carbocycles. The molecule has 0 unspecified atom stereocenters. The van der Waals surface area contributed by atoms with Gasteiger partial charge in [0.05, 0.1) is 6.07 Å². The van der Waals surface area contributed by atoms with E-state index < -0.39 is 10.8 Å². The first-order chi connectivity index (χ1) is 10.5. The fourth-order valence-corrected chi connectivity index (χ4v) is 2.06. The molecule has 0 saturated heterocycles. The molecule has 2 aromatic rings. The number of H-pyrrole nitrogens is 1. The van der Waals surface area contributed by atoms with Gasteiger partial charge in [0, 0.05) is 24.5 Å². The standard InChI is InChI=1S/C14H17N5O3/c1-3-18(4-2)11-7-5-10(6-8-11)15-14(20)12-9-13(17-16-12)19(21)22/h5-9H,3-4H2,1-2H3,(H,15,20)(H,16,17). The van der Waals surface area contributed by atoms with Crippen molar-refractivity contribution >= 4 is 23.1 Å². The van der Waals surface area contributed by atoms with Crippen molar-refractivity contribution in [2.75, 3.05) is 23.3 Å². The minimum atomic E-state index is -0.636. The smallest absolute Gasteiger partial charge is 0.343 e. The van der Waals surface area contributed by atoms with Gasteiger partial charge in [-0.3, -0.25) is 4.79 Å². The van der Waals surface area contributed by atoms with Crippen LogP contribution in [0.4, 0.5) is 17.2 Å². The van der Waals surface area contributed by atoms with Crippen LogP contribution in [0.1, 0.15) is 24.3 Å². The predicted molar refractivity (Wildman–Crippen MR) is 83.2 cm³/mol. The molecule has 116 valence electrons. The Balaban J connectivity index is 2.06. The number of hydrogen-bond acceptors (Lipinski definition) is 5. The molecule has 8 nitrogen and oxygen atoms in total. The molecule has 2 rings (SSSR count). The molecule has 1 amide bonds. The van der Waals surface area contributed by atoms with Crippen LogP contribution in [0.15, 0.2) is 30.3 Å². The molecule has 0 aliphatic carbocycles. The van der Waals surface area contributed by atoms with Gasteiger partial charge >= 0.3 is 5.82 Å². The van der Waals surface area contributed by atoms with Crippen molar-refractivity contribution in [3.63, 3.8) is 0 Å². The Bertz CT molecular complexity index is 661. The van der Waals surface area contributed by atoms with Crippen LogP contribution in [0.5, 0.6) is 0 Å². The van der Waals surface area contributed by atoms with Crippen molar-refractivity contribution in [2.45, 2.75) is 13.8 Å². The number of amides is 1. The van der Waals surface area contributed by atoms with Gasteiger partial charge in [-0.1, -0.05) is 5.10 Å². The van der Waals surface area contributed by atoms with Gasteiger partial charge in [-0.25, -0.2) is 0 Å². The monoisotopic (exact) mass is 303 g/mol. The van der Waals surface area contributed by atoms with Gasteiger partial charge in [-0.15, -0.1) is 5.10 Å². The van der Waals surface area contributed by atoms with E-state index in [4.69, 9.17) is 0 Å². The van der Waals surface area contributed by atoms with Gasteiger partial charge in [-0.2, -0.15) is 0 Å². The van der Waals surface area contributed by atoms with Crippen LogP contribution >= 0.6 is 0 Å². The molecule has 0 atom stereocenters. The fraction of sp³-hybridized carbons (Fsp3) is 0.286. The Hall–Kier alpha value is -2.90. The summed E-state index contributed by atoms with van der Waals surface area (Å²) in [5.74, 6) is -0.818. The lowest BCUT2D eigenvalue weighted by Gasteiger charge is -2.21. The third-order valence-corrected chi connectivity index (χ3v) is 3.25. The lowest BCUT2D eigenvalue weighted by atomic mass is 10.2. The molecule has 1 heterocycles. The normalized spacial score (nSPS) is 10.3. The highest BCUT2D eigenvalue weighted by atomic mass is 16.6. The summed E-state index contributed by atoms with van der Waals surface area (Å²) in [5, 5.41) is 19.0. The second-order valence-electron chi connectivity index (χ2n) is 4.57. The number of nitro groups is 1. The Morgan fingerprint density at radius 2 is 1.95 bits per heavy atom. The van der Waals surface area contributed by atoms with Crippen molar-refractivity contribution in [2.24, 2.45) is 0 Å². The predicted octanol–water partition coefficient (Wildman–Crippen LogP) is 2.42. The minimum Gasteiger partial charge on any atom is -0.372 e. The number of carbonyl (C=O) groups is 1. The van der Waals surface area contributed by atoms with Crippen molar-refractivity contribution in [3.05, 3.63) is 46.1 Å². The Kier molecular flexibility index (Phi) is 4.72. The largest absolute Gasteiger partial charge is 0.372 e. The van der Waals surface area contributed by atoms with Gasteiger partial charge in [0.25, 0.3) is 5.91 Å². The summed E-state index contributed by atoms with van der Waals surface area (Å²) in [6, 6.07) is 8.49. The molecule has 0 aliphatic rings. The summed E-state index contributed by atoms with van der Waals surface area (Å²) < 4.78 is 0. The third kappa shape index (κ3) is 3.40. The maximum Gasteiger partial charge on any atom is 0.343 e. The highest BCUT2D eigenvalue weighted by Gasteiger charge is 2.16. The molecule has 0 fully saturated rings. The van der Waals surface area contributed by atoms with E-state index in [2.05, 4.69) is 34.3 Å². The molecule has 0 bridgehead atoms. The highest BCUT2D eigenvalue weighted by Crippen LogP contribution is 2.18. The van der Waals surface area contributed by atoms with Crippen LogP contribution < -0.4 is 10.2 Å². The van der Waals surface area contributed by atoms with E-state index in [1.807, 2.05) is 12.1 Å². The molecule has 2 N–H and O–H groups in total. The van der Waals surface area contributed by atoms with E-state index in [1.165, 1.54) is 0 Å². The number of rotatable bonds is 6. The van der Waals surface area contributed by atoms with Crippen molar-refractivity contribution in [1.29, 1.82) is 0 Å². The van der Waals surface area contributed by atoms with Crippen LogP contribution in [0.2, 0.25) is 0 Å². The number of anilines is 2. The molecular weight excluding hydrogens is 286 g/mol. The molecule has 0 spiro atoms. The van der Waals surface area contributed by atoms with E-state index >= 15 is 0 Å².